The standard InChI is InChI=1S/C14H16N2O2S/c1-9-6-11(4-5-13(9)17)14(18)16(3)7-12-8-19-10(2)15-12/h4-6,8,17H,7H2,1-3H3. The van der Waals surface area contributed by atoms with Crippen molar-refractivity contribution in [3.8, 4) is 5.75 Å². The van der Waals surface area contributed by atoms with Crippen molar-refractivity contribution in [1.82, 2.24) is 9.88 Å². The van der Waals surface area contributed by atoms with Crippen LogP contribution in [0, 0.1) is 13.8 Å². The molecule has 0 saturated heterocycles. The summed E-state index contributed by atoms with van der Waals surface area (Å²) in [4.78, 5) is 18.2. The summed E-state index contributed by atoms with van der Waals surface area (Å²) in [6.45, 7) is 4.21. The van der Waals surface area contributed by atoms with Gasteiger partial charge in [0.25, 0.3) is 5.91 Å². The van der Waals surface area contributed by atoms with Crippen LogP contribution in [0.1, 0.15) is 26.6 Å². The first-order chi connectivity index (χ1) is 8.97. The third kappa shape index (κ3) is 3.12. The Labute approximate surface area is 116 Å². The summed E-state index contributed by atoms with van der Waals surface area (Å²) in [6.07, 6.45) is 0. The average molecular weight is 276 g/mol. The number of hydrogen-bond acceptors (Lipinski definition) is 4. The zero-order valence-corrected chi connectivity index (χ0v) is 12.0. The number of phenolic OH excluding ortho intramolecular Hbond substituents is 1. The molecule has 0 saturated carbocycles. The highest BCUT2D eigenvalue weighted by molar-refractivity contribution is 7.09. The first-order valence-electron chi connectivity index (χ1n) is 5.93. The zero-order valence-electron chi connectivity index (χ0n) is 11.2. The van der Waals surface area contributed by atoms with E-state index < -0.39 is 0 Å². The van der Waals surface area contributed by atoms with Gasteiger partial charge >= 0.3 is 0 Å². The van der Waals surface area contributed by atoms with E-state index in [9.17, 15) is 9.90 Å². The van der Waals surface area contributed by atoms with Crippen molar-refractivity contribution >= 4 is 17.2 Å². The molecule has 0 fully saturated rings. The molecule has 1 aromatic carbocycles. The van der Waals surface area contributed by atoms with E-state index in [1.54, 1.807) is 48.4 Å². The van der Waals surface area contributed by atoms with Crippen molar-refractivity contribution in [2.24, 2.45) is 0 Å². The van der Waals surface area contributed by atoms with Gasteiger partial charge in [-0.3, -0.25) is 4.79 Å². The summed E-state index contributed by atoms with van der Waals surface area (Å²) in [5, 5.41) is 12.4. The van der Waals surface area contributed by atoms with Crippen molar-refractivity contribution < 1.29 is 9.90 Å². The number of amides is 1. The normalized spacial score (nSPS) is 10.5. The van der Waals surface area contributed by atoms with Crippen LogP contribution in [0.3, 0.4) is 0 Å². The molecule has 5 heteroatoms. The summed E-state index contributed by atoms with van der Waals surface area (Å²) >= 11 is 1.58. The number of aryl methyl sites for hydroxylation is 2. The summed E-state index contributed by atoms with van der Waals surface area (Å²) in [5.41, 5.74) is 2.17. The number of phenols is 1. The lowest BCUT2D eigenvalue weighted by molar-refractivity contribution is 0.0783. The van der Waals surface area contributed by atoms with Gasteiger partial charge in [-0.25, -0.2) is 4.98 Å². The van der Waals surface area contributed by atoms with Crippen LogP contribution in [0.2, 0.25) is 0 Å². The van der Waals surface area contributed by atoms with Crippen molar-refractivity contribution in [2.45, 2.75) is 20.4 Å². The van der Waals surface area contributed by atoms with E-state index in [1.807, 2.05) is 12.3 Å². The summed E-state index contributed by atoms with van der Waals surface area (Å²) in [5.74, 6) is 0.128. The highest BCUT2D eigenvalue weighted by Crippen LogP contribution is 2.18. The Bertz CT molecular complexity index is 607. The molecule has 19 heavy (non-hydrogen) atoms. The molecule has 1 amide bonds. The minimum Gasteiger partial charge on any atom is -0.508 e. The molecule has 0 unspecified atom stereocenters. The van der Waals surface area contributed by atoms with E-state index >= 15 is 0 Å². The van der Waals surface area contributed by atoms with Crippen LogP contribution in [0.15, 0.2) is 23.6 Å². The van der Waals surface area contributed by atoms with Crippen molar-refractivity contribution in [2.75, 3.05) is 7.05 Å². The molecule has 0 aliphatic carbocycles. The van der Waals surface area contributed by atoms with Gasteiger partial charge in [0.05, 0.1) is 17.2 Å². The molecule has 1 heterocycles. The Morgan fingerprint density at radius 3 is 2.74 bits per heavy atom. The highest BCUT2D eigenvalue weighted by atomic mass is 32.1. The molecule has 0 bridgehead atoms. The molecular weight excluding hydrogens is 260 g/mol. The lowest BCUT2D eigenvalue weighted by atomic mass is 10.1. The summed E-state index contributed by atoms with van der Waals surface area (Å²) in [7, 11) is 1.75. The minimum atomic E-state index is -0.0752. The number of nitrogens with zero attached hydrogens (tertiary/aromatic N) is 2. The quantitative estimate of drug-likeness (QED) is 0.937. The fourth-order valence-electron chi connectivity index (χ4n) is 1.80. The molecule has 0 atom stereocenters. The van der Waals surface area contributed by atoms with E-state index in [2.05, 4.69) is 4.98 Å². The monoisotopic (exact) mass is 276 g/mol. The van der Waals surface area contributed by atoms with Crippen LogP contribution in [0.5, 0.6) is 5.75 Å². The third-order valence-corrected chi connectivity index (χ3v) is 3.68. The Morgan fingerprint density at radius 2 is 2.16 bits per heavy atom. The summed E-state index contributed by atoms with van der Waals surface area (Å²) in [6, 6.07) is 4.87. The predicted molar refractivity (Wildman–Crippen MR) is 75.5 cm³/mol. The molecule has 0 spiro atoms. The van der Waals surface area contributed by atoms with Gasteiger partial charge in [0, 0.05) is 18.0 Å². The molecule has 4 nitrogen and oxygen atoms in total. The largest absolute Gasteiger partial charge is 0.508 e. The van der Waals surface area contributed by atoms with E-state index in [0.717, 1.165) is 10.7 Å². The van der Waals surface area contributed by atoms with Crippen LogP contribution in [0.25, 0.3) is 0 Å². The van der Waals surface area contributed by atoms with Gasteiger partial charge in [-0.1, -0.05) is 0 Å². The number of aromatic nitrogens is 1. The number of aromatic hydroxyl groups is 1. The Balaban J connectivity index is 2.12. The Kier molecular flexibility index (Phi) is 3.85. The SMILES string of the molecule is Cc1nc(CN(C)C(=O)c2ccc(O)c(C)c2)cs1. The first kappa shape index (κ1) is 13.5. The molecule has 2 aromatic rings. The fraction of sp³-hybridized carbons (Fsp3) is 0.286. The number of carbonyl (C=O) groups excluding carboxylic acids is 1. The van der Waals surface area contributed by atoms with E-state index in [-0.39, 0.29) is 11.7 Å². The second-order valence-corrected chi connectivity index (χ2v) is 5.58. The van der Waals surface area contributed by atoms with Crippen LogP contribution in [0.4, 0.5) is 0 Å². The second-order valence-electron chi connectivity index (χ2n) is 4.52. The molecule has 100 valence electrons. The molecule has 2 rings (SSSR count). The van der Waals surface area contributed by atoms with Crippen molar-refractivity contribution in [3.05, 3.63) is 45.4 Å². The van der Waals surface area contributed by atoms with Crippen LogP contribution < -0.4 is 0 Å². The average Bonchev–Trinajstić information content (AvgIpc) is 2.77. The van der Waals surface area contributed by atoms with Crippen molar-refractivity contribution in [1.29, 1.82) is 0 Å². The molecule has 1 aromatic heterocycles. The van der Waals surface area contributed by atoms with Gasteiger partial charge < -0.3 is 10.0 Å². The number of hydrogen-bond donors (Lipinski definition) is 1. The van der Waals surface area contributed by atoms with Gasteiger partial charge in [0.1, 0.15) is 5.75 Å². The van der Waals surface area contributed by atoms with Gasteiger partial charge in [0.2, 0.25) is 0 Å². The molecule has 1 N–H and O–H groups in total. The van der Waals surface area contributed by atoms with Crippen LogP contribution in [-0.4, -0.2) is 27.9 Å². The van der Waals surface area contributed by atoms with Gasteiger partial charge in [-0.2, -0.15) is 0 Å². The number of thiazole rings is 1. The topological polar surface area (TPSA) is 53.4 Å². The van der Waals surface area contributed by atoms with E-state index in [0.29, 0.717) is 17.7 Å². The molecule has 0 aliphatic heterocycles. The predicted octanol–water partition coefficient (Wildman–Crippen LogP) is 2.74. The lowest BCUT2D eigenvalue weighted by Crippen LogP contribution is -2.26. The second kappa shape index (κ2) is 5.40. The smallest absolute Gasteiger partial charge is 0.253 e. The fourth-order valence-corrected chi connectivity index (χ4v) is 2.41. The first-order valence-corrected chi connectivity index (χ1v) is 6.81. The number of carbonyl (C=O) groups is 1. The lowest BCUT2D eigenvalue weighted by Gasteiger charge is -2.16. The molecule has 0 aliphatic rings. The Morgan fingerprint density at radius 1 is 1.42 bits per heavy atom. The van der Waals surface area contributed by atoms with E-state index in [1.165, 1.54) is 0 Å². The van der Waals surface area contributed by atoms with Crippen LogP contribution >= 0.6 is 11.3 Å². The van der Waals surface area contributed by atoms with Gasteiger partial charge in [-0.05, 0) is 37.6 Å². The minimum absolute atomic E-state index is 0.0752. The maximum atomic E-state index is 12.2. The van der Waals surface area contributed by atoms with Gasteiger partial charge in [-0.15, -0.1) is 11.3 Å². The van der Waals surface area contributed by atoms with Gasteiger partial charge in [0.15, 0.2) is 0 Å². The highest BCUT2D eigenvalue weighted by Gasteiger charge is 2.14. The molecule has 0 radical (unpaired) electrons. The summed E-state index contributed by atoms with van der Waals surface area (Å²) < 4.78 is 0. The van der Waals surface area contributed by atoms with Crippen molar-refractivity contribution in [3.63, 3.8) is 0 Å². The Hall–Kier alpha value is -1.88. The maximum Gasteiger partial charge on any atom is 0.253 e. The number of rotatable bonds is 3. The number of benzene rings is 1. The maximum absolute atomic E-state index is 12.2. The third-order valence-electron chi connectivity index (χ3n) is 2.86. The van der Waals surface area contributed by atoms with E-state index in [4.69, 9.17) is 0 Å². The molecular formula is C14H16N2O2S. The zero-order chi connectivity index (χ0) is 14.0. The van der Waals surface area contributed by atoms with Crippen LogP contribution in [-0.2, 0) is 6.54 Å².